The minimum absolute atomic E-state index is 0.0332. The zero-order valence-electron chi connectivity index (χ0n) is 17.4. The van der Waals surface area contributed by atoms with Gasteiger partial charge in [-0.1, -0.05) is 32.4 Å². The van der Waals surface area contributed by atoms with Crippen LogP contribution in [0.4, 0.5) is 10.1 Å². The highest BCUT2D eigenvalue weighted by Gasteiger charge is 2.30. The number of nitrogens with one attached hydrogen (secondary N) is 2. The maximum atomic E-state index is 13.4. The van der Waals surface area contributed by atoms with Gasteiger partial charge in [0.25, 0.3) is 17.6 Å². The largest absolute Gasteiger partial charge is 0.349 e. The van der Waals surface area contributed by atoms with Crippen LogP contribution < -0.4 is 10.6 Å². The van der Waals surface area contributed by atoms with Crippen LogP contribution in [0.25, 0.3) is 0 Å². The van der Waals surface area contributed by atoms with Gasteiger partial charge in [-0.15, -0.1) is 0 Å². The van der Waals surface area contributed by atoms with Crippen molar-refractivity contribution < 1.29 is 18.8 Å². The summed E-state index contributed by atoms with van der Waals surface area (Å²) >= 11 is 6.29. The number of rotatable bonds is 5. The molecule has 0 fully saturated rings. The molecule has 2 amide bonds. The van der Waals surface area contributed by atoms with Crippen LogP contribution in [0.3, 0.4) is 0 Å². The summed E-state index contributed by atoms with van der Waals surface area (Å²) in [4.78, 5) is 37.7. The number of benzene rings is 1. The quantitative estimate of drug-likeness (QED) is 0.565. The number of hydrogen-bond acceptors (Lipinski definition) is 3. The van der Waals surface area contributed by atoms with Crippen LogP contribution >= 0.6 is 11.6 Å². The smallest absolute Gasteiger partial charge is 0.294 e. The average molecular weight is 422 g/mol. The van der Waals surface area contributed by atoms with Gasteiger partial charge in [-0.05, 0) is 48.6 Å². The summed E-state index contributed by atoms with van der Waals surface area (Å²) in [6.07, 6.45) is 0. The molecule has 2 N–H and O–H groups in total. The summed E-state index contributed by atoms with van der Waals surface area (Å²) in [7, 11) is 1.51. The number of ketones is 1. The second kappa shape index (κ2) is 8.37. The van der Waals surface area contributed by atoms with Crippen molar-refractivity contribution >= 4 is 34.9 Å². The molecule has 8 heteroatoms. The van der Waals surface area contributed by atoms with E-state index in [0.717, 1.165) is 0 Å². The molecule has 0 unspecified atom stereocenters. The number of anilines is 1. The standard InChI is InChI=1S/C21H25ClFN3O3/c1-11-9-13(7-8-14(11)23)25-19(28)15-12(2)16(26(6)18(15)22)17(27)20(29)24-10-21(3,4)5/h7-9H,10H2,1-6H3,(H,24,29)(H,25,28). The molecule has 6 nitrogen and oxygen atoms in total. The first kappa shape index (κ1) is 22.6. The Hall–Kier alpha value is -2.67. The van der Waals surface area contributed by atoms with Crippen molar-refractivity contribution in [2.24, 2.45) is 12.5 Å². The lowest BCUT2D eigenvalue weighted by molar-refractivity contribution is -0.117. The van der Waals surface area contributed by atoms with Crippen LogP contribution in [-0.2, 0) is 11.8 Å². The van der Waals surface area contributed by atoms with Gasteiger partial charge in [0.1, 0.15) is 11.0 Å². The minimum atomic E-state index is -0.771. The molecule has 0 saturated heterocycles. The molecule has 0 aliphatic heterocycles. The number of aromatic nitrogens is 1. The first-order chi connectivity index (χ1) is 13.3. The third-order valence-electron chi connectivity index (χ3n) is 4.41. The highest BCUT2D eigenvalue weighted by molar-refractivity contribution is 6.44. The van der Waals surface area contributed by atoms with E-state index in [-0.39, 0.29) is 27.6 Å². The topological polar surface area (TPSA) is 80.2 Å². The van der Waals surface area contributed by atoms with Gasteiger partial charge in [0.05, 0.1) is 11.3 Å². The van der Waals surface area contributed by atoms with Crippen molar-refractivity contribution in [3.63, 3.8) is 0 Å². The fourth-order valence-electron chi connectivity index (χ4n) is 2.83. The normalized spacial score (nSPS) is 11.3. The number of hydrogen-bond donors (Lipinski definition) is 2. The lowest BCUT2D eigenvalue weighted by Crippen LogP contribution is -2.37. The molecular weight excluding hydrogens is 397 g/mol. The van der Waals surface area contributed by atoms with Gasteiger partial charge >= 0.3 is 0 Å². The van der Waals surface area contributed by atoms with E-state index in [1.165, 1.54) is 29.8 Å². The molecule has 0 atom stereocenters. The van der Waals surface area contributed by atoms with Gasteiger partial charge in [-0.25, -0.2) is 4.39 Å². The molecule has 2 rings (SSSR count). The average Bonchev–Trinajstić information content (AvgIpc) is 2.84. The highest BCUT2D eigenvalue weighted by atomic mass is 35.5. The van der Waals surface area contributed by atoms with E-state index in [0.29, 0.717) is 23.4 Å². The molecule has 0 aliphatic rings. The first-order valence-electron chi connectivity index (χ1n) is 9.08. The van der Waals surface area contributed by atoms with Crippen LogP contribution in [0.15, 0.2) is 18.2 Å². The number of aryl methyl sites for hydroxylation is 1. The molecule has 0 saturated carbocycles. The zero-order valence-corrected chi connectivity index (χ0v) is 18.1. The Morgan fingerprint density at radius 1 is 1.17 bits per heavy atom. The van der Waals surface area contributed by atoms with Gasteiger partial charge in [0.2, 0.25) is 0 Å². The van der Waals surface area contributed by atoms with Gasteiger partial charge < -0.3 is 15.2 Å². The van der Waals surface area contributed by atoms with Crippen molar-refractivity contribution in [3.8, 4) is 0 Å². The Kier molecular flexibility index (Phi) is 6.53. The van der Waals surface area contributed by atoms with Gasteiger partial charge in [-0.2, -0.15) is 0 Å². The van der Waals surface area contributed by atoms with E-state index in [1.54, 1.807) is 13.8 Å². The minimum Gasteiger partial charge on any atom is -0.349 e. The molecule has 156 valence electrons. The third-order valence-corrected chi connectivity index (χ3v) is 4.85. The van der Waals surface area contributed by atoms with Crippen molar-refractivity contribution in [1.29, 1.82) is 0 Å². The van der Waals surface area contributed by atoms with Crippen molar-refractivity contribution in [1.82, 2.24) is 9.88 Å². The summed E-state index contributed by atoms with van der Waals surface area (Å²) in [5, 5.41) is 5.28. The van der Waals surface area contributed by atoms with Crippen LogP contribution in [0, 0.1) is 25.1 Å². The Labute approximate surface area is 174 Å². The second-order valence-corrected chi connectivity index (χ2v) is 8.55. The molecular formula is C21H25ClFN3O3. The zero-order chi connectivity index (χ0) is 22.1. The third kappa shape index (κ3) is 5.03. The van der Waals surface area contributed by atoms with Gasteiger partial charge in [-0.3, -0.25) is 14.4 Å². The number of halogens is 2. The van der Waals surface area contributed by atoms with Crippen LogP contribution in [0.1, 0.15) is 52.7 Å². The van der Waals surface area contributed by atoms with E-state index < -0.39 is 17.6 Å². The summed E-state index contributed by atoms with van der Waals surface area (Å²) in [5.74, 6) is -2.47. The Morgan fingerprint density at radius 3 is 2.34 bits per heavy atom. The Balaban J connectivity index is 2.31. The van der Waals surface area contributed by atoms with Gasteiger partial charge in [0, 0.05) is 19.3 Å². The summed E-state index contributed by atoms with van der Waals surface area (Å²) in [6, 6.07) is 4.17. The summed E-state index contributed by atoms with van der Waals surface area (Å²) in [6.45, 7) is 9.26. The van der Waals surface area contributed by atoms with E-state index in [9.17, 15) is 18.8 Å². The summed E-state index contributed by atoms with van der Waals surface area (Å²) < 4.78 is 14.8. The molecule has 0 spiro atoms. The monoisotopic (exact) mass is 421 g/mol. The molecule has 29 heavy (non-hydrogen) atoms. The predicted octanol–water partition coefficient (Wildman–Crippen LogP) is 4.03. The fourth-order valence-corrected chi connectivity index (χ4v) is 3.14. The molecule has 0 aliphatic carbocycles. The van der Waals surface area contributed by atoms with Crippen LogP contribution in [0.5, 0.6) is 0 Å². The van der Waals surface area contributed by atoms with Gasteiger partial charge in [0.15, 0.2) is 0 Å². The lowest BCUT2D eigenvalue weighted by atomic mass is 9.97. The molecule has 0 bridgehead atoms. The van der Waals surface area contributed by atoms with Crippen LogP contribution in [0.2, 0.25) is 5.15 Å². The first-order valence-corrected chi connectivity index (χ1v) is 9.46. The highest BCUT2D eigenvalue weighted by Crippen LogP contribution is 2.28. The van der Waals surface area contributed by atoms with Crippen LogP contribution in [-0.4, -0.2) is 28.7 Å². The maximum Gasteiger partial charge on any atom is 0.294 e. The molecule has 0 radical (unpaired) electrons. The molecule has 1 aromatic heterocycles. The van der Waals surface area contributed by atoms with E-state index in [4.69, 9.17) is 11.6 Å². The van der Waals surface area contributed by atoms with E-state index in [1.807, 2.05) is 20.8 Å². The second-order valence-electron chi connectivity index (χ2n) is 8.19. The lowest BCUT2D eigenvalue weighted by Gasteiger charge is -2.18. The fraction of sp³-hybridized carbons (Fsp3) is 0.381. The SMILES string of the molecule is Cc1cc(NC(=O)c2c(C)c(C(=O)C(=O)NCC(C)(C)C)n(C)c2Cl)ccc1F. The Morgan fingerprint density at radius 2 is 1.79 bits per heavy atom. The van der Waals surface area contributed by atoms with Crippen molar-refractivity contribution in [2.75, 3.05) is 11.9 Å². The number of amides is 2. The molecule has 2 aromatic rings. The van der Waals surface area contributed by atoms with E-state index in [2.05, 4.69) is 10.6 Å². The number of nitrogens with zero attached hydrogens (tertiary/aromatic N) is 1. The predicted molar refractivity (Wildman–Crippen MR) is 111 cm³/mol. The molecule has 1 heterocycles. The maximum absolute atomic E-state index is 13.4. The summed E-state index contributed by atoms with van der Waals surface area (Å²) in [5.41, 5.74) is 1.01. The van der Waals surface area contributed by atoms with E-state index >= 15 is 0 Å². The number of carbonyl (C=O) groups excluding carboxylic acids is 3. The van der Waals surface area contributed by atoms with Crippen molar-refractivity contribution in [3.05, 3.63) is 51.6 Å². The molecule has 1 aromatic carbocycles. The van der Waals surface area contributed by atoms with Crippen molar-refractivity contribution in [2.45, 2.75) is 34.6 Å². The Bertz CT molecular complexity index is 990. The number of carbonyl (C=O) groups is 3. The number of Topliss-reactive ketones (excluding diaryl/α,β-unsaturated/α-hetero) is 1.